The topological polar surface area (TPSA) is 50.8 Å². The van der Waals surface area contributed by atoms with Crippen molar-refractivity contribution in [1.29, 1.82) is 0 Å². The Hall–Kier alpha value is -1.46. The molecule has 6 heteroatoms. The summed E-state index contributed by atoms with van der Waals surface area (Å²) in [5.41, 5.74) is 1.17. The van der Waals surface area contributed by atoms with E-state index in [1.807, 2.05) is 6.07 Å². The van der Waals surface area contributed by atoms with Gasteiger partial charge in [0.2, 0.25) is 5.91 Å². The maximum Gasteiger partial charge on any atom is 0.226 e. The fourth-order valence-corrected chi connectivity index (χ4v) is 3.77. The lowest BCUT2D eigenvalue weighted by Gasteiger charge is -2.36. The average Bonchev–Trinajstić information content (AvgIpc) is 3.01. The predicted molar refractivity (Wildman–Crippen MR) is 93.9 cm³/mol. The second-order valence-electron chi connectivity index (χ2n) is 6.80. The summed E-state index contributed by atoms with van der Waals surface area (Å²) < 4.78 is 11.3. The SMILES string of the molecule is CC(C(=O)N1CCCC1c1ccc2c(c1)OCCO2)C1CNC1.Cl. The van der Waals surface area contributed by atoms with E-state index in [9.17, 15) is 4.79 Å². The summed E-state index contributed by atoms with van der Waals surface area (Å²) in [4.78, 5) is 15.0. The Morgan fingerprint density at radius 2 is 2.00 bits per heavy atom. The lowest BCUT2D eigenvalue weighted by Crippen LogP contribution is -2.50. The van der Waals surface area contributed by atoms with E-state index in [-0.39, 0.29) is 24.4 Å². The van der Waals surface area contributed by atoms with Gasteiger partial charge < -0.3 is 19.7 Å². The molecule has 0 bridgehead atoms. The molecule has 0 saturated carbocycles. The van der Waals surface area contributed by atoms with Crippen LogP contribution in [0.4, 0.5) is 0 Å². The number of carbonyl (C=O) groups is 1. The third-order valence-corrected chi connectivity index (χ3v) is 5.40. The van der Waals surface area contributed by atoms with Gasteiger partial charge in [0.1, 0.15) is 13.2 Å². The van der Waals surface area contributed by atoms with E-state index in [2.05, 4.69) is 29.3 Å². The van der Waals surface area contributed by atoms with E-state index in [0.717, 1.165) is 44.0 Å². The first-order chi connectivity index (χ1) is 11.2. The molecular weight excluding hydrogens is 328 g/mol. The number of nitrogens with one attached hydrogen (secondary N) is 1. The van der Waals surface area contributed by atoms with Crippen LogP contribution in [0.25, 0.3) is 0 Å². The highest BCUT2D eigenvalue weighted by molar-refractivity contribution is 5.85. The summed E-state index contributed by atoms with van der Waals surface area (Å²) in [6.45, 7) is 6.07. The summed E-state index contributed by atoms with van der Waals surface area (Å²) in [5, 5.41) is 3.26. The minimum atomic E-state index is 0. The lowest BCUT2D eigenvalue weighted by molar-refractivity contribution is -0.138. The van der Waals surface area contributed by atoms with Crippen LogP contribution < -0.4 is 14.8 Å². The predicted octanol–water partition coefficient (Wildman–Crippen LogP) is 2.40. The van der Waals surface area contributed by atoms with Crippen molar-refractivity contribution >= 4 is 18.3 Å². The van der Waals surface area contributed by atoms with Crippen LogP contribution in [0.3, 0.4) is 0 Å². The van der Waals surface area contributed by atoms with Gasteiger partial charge in [-0.15, -0.1) is 12.4 Å². The van der Waals surface area contributed by atoms with Crippen molar-refractivity contribution in [3.05, 3.63) is 23.8 Å². The van der Waals surface area contributed by atoms with Crippen LogP contribution in [0.15, 0.2) is 18.2 Å². The Balaban J connectivity index is 0.00000169. The maximum atomic E-state index is 12.9. The minimum absolute atomic E-state index is 0. The number of rotatable bonds is 3. The van der Waals surface area contributed by atoms with Gasteiger partial charge in [-0.2, -0.15) is 0 Å². The molecule has 1 amide bonds. The van der Waals surface area contributed by atoms with Crippen LogP contribution in [0.1, 0.15) is 31.4 Å². The second kappa shape index (κ2) is 7.19. The number of fused-ring (bicyclic) bond motifs is 1. The Bertz CT molecular complexity index is 606. The molecule has 3 heterocycles. The third-order valence-electron chi connectivity index (χ3n) is 5.40. The van der Waals surface area contributed by atoms with Crippen LogP contribution in [-0.2, 0) is 4.79 Å². The number of hydrogen-bond donors (Lipinski definition) is 1. The largest absolute Gasteiger partial charge is 0.486 e. The molecule has 0 spiro atoms. The maximum absolute atomic E-state index is 12.9. The van der Waals surface area contributed by atoms with Gasteiger partial charge in [0.25, 0.3) is 0 Å². The fraction of sp³-hybridized carbons (Fsp3) is 0.611. The van der Waals surface area contributed by atoms with Crippen LogP contribution in [0.5, 0.6) is 11.5 Å². The Morgan fingerprint density at radius 3 is 2.71 bits per heavy atom. The van der Waals surface area contributed by atoms with Gasteiger partial charge in [-0.1, -0.05) is 13.0 Å². The normalized spacial score (nSPS) is 24.0. The van der Waals surface area contributed by atoms with Crippen LogP contribution in [0, 0.1) is 11.8 Å². The van der Waals surface area contributed by atoms with E-state index in [1.54, 1.807) is 0 Å². The van der Waals surface area contributed by atoms with Crippen molar-refractivity contribution in [2.24, 2.45) is 11.8 Å². The zero-order valence-electron chi connectivity index (χ0n) is 14.0. The summed E-state index contributed by atoms with van der Waals surface area (Å²) in [6.07, 6.45) is 2.10. The van der Waals surface area contributed by atoms with Crippen molar-refractivity contribution < 1.29 is 14.3 Å². The number of hydrogen-bond acceptors (Lipinski definition) is 4. The minimum Gasteiger partial charge on any atom is -0.486 e. The Kier molecular flexibility index (Phi) is 5.21. The molecule has 0 radical (unpaired) electrons. The molecule has 0 aliphatic carbocycles. The Labute approximate surface area is 149 Å². The number of likely N-dealkylation sites (tertiary alicyclic amines) is 1. The first kappa shape index (κ1) is 17.4. The molecule has 24 heavy (non-hydrogen) atoms. The van der Waals surface area contributed by atoms with Gasteiger partial charge in [-0.25, -0.2) is 0 Å². The molecule has 1 N–H and O–H groups in total. The summed E-state index contributed by atoms with van der Waals surface area (Å²) in [5.74, 6) is 2.51. The van der Waals surface area contributed by atoms with E-state index in [1.165, 1.54) is 5.56 Å². The fourth-order valence-electron chi connectivity index (χ4n) is 3.77. The van der Waals surface area contributed by atoms with Crippen molar-refractivity contribution in [2.45, 2.75) is 25.8 Å². The highest BCUT2D eigenvalue weighted by atomic mass is 35.5. The van der Waals surface area contributed by atoms with E-state index in [0.29, 0.717) is 25.0 Å². The molecule has 3 aliphatic heterocycles. The van der Waals surface area contributed by atoms with Crippen molar-refractivity contribution in [3.8, 4) is 11.5 Å². The third kappa shape index (κ3) is 3.07. The molecule has 2 fully saturated rings. The first-order valence-corrected chi connectivity index (χ1v) is 8.65. The summed E-state index contributed by atoms with van der Waals surface area (Å²) in [6, 6.07) is 6.29. The van der Waals surface area contributed by atoms with Crippen molar-refractivity contribution in [1.82, 2.24) is 10.2 Å². The van der Waals surface area contributed by atoms with Gasteiger partial charge in [0, 0.05) is 12.5 Å². The zero-order chi connectivity index (χ0) is 15.8. The first-order valence-electron chi connectivity index (χ1n) is 8.65. The standard InChI is InChI=1S/C18H24N2O3.ClH/c1-12(14-10-19-11-14)18(21)20-6-2-3-15(20)13-4-5-16-17(9-13)23-8-7-22-16;/h4-5,9,12,14-15,19H,2-3,6-8,10-11H2,1H3;1H. The smallest absolute Gasteiger partial charge is 0.226 e. The lowest BCUT2D eigenvalue weighted by atomic mass is 9.87. The molecule has 2 saturated heterocycles. The molecular formula is C18H25ClN2O3. The molecule has 4 rings (SSSR count). The molecule has 132 valence electrons. The Morgan fingerprint density at radius 1 is 1.25 bits per heavy atom. The zero-order valence-corrected chi connectivity index (χ0v) is 14.8. The van der Waals surface area contributed by atoms with Gasteiger partial charge >= 0.3 is 0 Å². The number of halogens is 1. The summed E-state index contributed by atoms with van der Waals surface area (Å²) in [7, 11) is 0. The molecule has 2 atom stereocenters. The number of ether oxygens (including phenoxy) is 2. The van der Waals surface area contributed by atoms with Crippen molar-refractivity contribution in [2.75, 3.05) is 32.8 Å². The van der Waals surface area contributed by atoms with Crippen LogP contribution in [0.2, 0.25) is 0 Å². The highest BCUT2D eigenvalue weighted by Crippen LogP contribution is 2.39. The van der Waals surface area contributed by atoms with Crippen LogP contribution in [-0.4, -0.2) is 43.7 Å². The molecule has 0 aromatic heterocycles. The van der Waals surface area contributed by atoms with Gasteiger partial charge in [0.15, 0.2) is 11.5 Å². The van der Waals surface area contributed by atoms with Gasteiger partial charge in [-0.05, 0) is 49.5 Å². The molecule has 1 aromatic rings. The number of amides is 1. The number of carbonyl (C=O) groups excluding carboxylic acids is 1. The molecule has 2 unspecified atom stereocenters. The monoisotopic (exact) mass is 352 g/mol. The average molecular weight is 353 g/mol. The number of nitrogens with zero attached hydrogens (tertiary/aromatic N) is 1. The van der Waals surface area contributed by atoms with E-state index < -0.39 is 0 Å². The molecule has 5 nitrogen and oxygen atoms in total. The van der Waals surface area contributed by atoms with Gasteiger partial charge in [-0.3, -0.25) is 4.79 Å². The number of benzene rings is 1. The highest BCUT2D eigenvalue weighted by Gasteiger charge is 2.37. The van der Waals surface area contributed by atoms with E-state index >= 15 is 0 Å². The van der Waals surface area contributed by atoms with Crippen LogP contribution >= 0.6 is 12.4 Å². The molecule has 1 aromatic carbocycles. The second-order valence-corrected chi connectivity index (χ2v) is 6.80. The van der Waals surface area contributed by atoms with Crippen molar-refractivity contribution in [3.63, 3.8) is 0 Å². The summed E-state index contributed by atoms with van der Waals surface area (Å²) >= 11 is 0. The quantitative estimate of drug-likeness (QED) is 0.907. The van der Waals surface area contributed by atoms with Gasteiger partial charge in [0.05, 0.1) is 6.04 Å². The molecule has 3 aliphatic rings. The van der Waals surface area contributed by atoms with E-state index in [4.69, 9.17) is 9.47 Å².